The van der Waals surface area contributed by atoms with Crippen molar-refractivity contribution in [1.82, 2.24) is 0 Å². The lowest BCUT2D eigenvalue weighted by atomic mass is 9.68. The monoisotopic (exact) mass is 700 g/mol. The maximum Gasteiger partial charge on any atom is 0.207 e. The second-order valence-corrected chi connectivity index (χ2v) is 14.1. The van der Waals surface area contributed by atoms with Crippen LogP contribution in [0.5, 0.6) is 0 Å². The molecule has 0 bridgehead atoms. The van der Waals surface area contributed by atoms with Gasteiger partial charge in [0.15, 0.2) is 0 Å². The van der Waals surface area contributed by atoms with Gasteiger partial charge in [0.2, 0.25) is 12.6 Å². The van der Waals surface area contributed by atoms with Gasteiger partial charge < -0.3 is 72.1 Å². The van der Waals surface area contributed by atoms with E-state index in [4.69, 9.17) is 18.9 Å². The lowest BCUT2D eigenvalue weighted by Crippen LogP contribution is -3.00. The number of hydrogen-bond acceptors (Lipinski definition) is 6. The van der Waals surface area contributed by atoms with E-state index in [2.05, 4.69) is 28.2 Å². The molecule has 0 amide bonds. The third-order valence-electron chi connectivity index (χ3n) is 9.83. The molecular weight excluding hydrogens is 644 g/mol. The number of rotatable bonds is 11. The number of nitrogens with zero attached hydrogens (tertiary/aromatic N) is 2. The summed E-state index contributed by atoms with van der Waals surface area (Å²) in [7, 11) is 8.72. The van der Waals surface area contributed by atoms with Crippen LogP contribution in [-0.2, 0) is 18.9 Å². The second-order valence-electron chi connectivity index (χ2n) is 14.1. The van der Waals surface area contributed by atoms with Gasteiger partial charge in [0.1, 0.15) is 38.4 Å². The van der Waals surface area contributed by atoms with Crippen molar-refractivity contribution in [2.45, 2.75) is 89.0 Å². The van der Waals surface area contributed by atoms with Gasteiger partial charge in [0, 0.05) is 0 Å². The average molecular weight is 703 g/mol. The third-order valence-corrected chi connectivity index (χ3v) is 9.83. The quantitative estimate of drug-likeness (QED) is 0.224. The van der Waals surface area contributed by atoms with Crippen LogP contribution >= 0.6 is 0 Å². The lowest BCUT2D eigenvalue weighted by molar-refractivity contribution is -0.900. The molecule has 2 aliphatic carbocycles. The topological polar surface area (TPSA) is 77.4 Å². The van der Waals surface area contributed by atoms with E-state index < -0.39 is 0 Å². The molecule has 4 aliphatic rings. The molecule has 40 heavy (non-hydrogen) atoms. The van der Waals surface area contributed by atoms with Gasteiger partial charge in [-0.2, -0.15) is 0 Å². The van der Waals surface area contributed by atoms with Crippen LogP contribution in [0.1, 0.15) is 64.2 Å². The van der Waals surface area contributed by atoms with E-state index in [0.717, 1.165) is 112 Å². The van der Waals surface area contributed by atoms with E-state index in [9.17, 15) is 10.2 Å². The molecule has 0 aromatic heterocycles. The molecule has 2 saturated heterocycles. The molecule has 2 heterocycles. The van der Waals surface area contributed by atoms with Crippen molar-refractivity contribution in [3.63, 3.8) is 0 Å². The van der Waals surface area contributed by atoms with Crippen LogP contribution in [0, 0.1) is 23.7 Å². The summed E-state index contributed by atoms with van der Waals surface area (Å²) in [5, 5.41) is 22.2. The fourth-order valence-corrected chi connectivity index (χ4v) is 7.55. The highest BCUT2D eigenvalue weighted by Crippen LogP contribution is 2.43. The summed E-state index contributed by atoms with van der Waals surface area (Å²) in [6.07, 6.45) is 10.7. The van der Waals surface area contributed by atoms with Crippen molar-refractivity contribution in [3.05, 3.63) is 0 Å². The molecule has 8 nitrogen and oxygen atoms in total. The average Bonchev–Trinajstić information content (AvgIpc) is 2.89. The van der Waals surface area contributed by atoms with Crippen molar-refractivity contribution >= 4 is 0 Å². The first-order valence-corrected chi connectivity index (χ1v) is 15.6. The van der Waals surface area contributed by atoms with Gasteiger partial charge in [-0.25, -0.2) is 0 Å². The minimum absolute atomic E-state index is 0. The molecule has 238 valence electrons. The van der Waals surface area contributed by atoms with E-state index in [1.54, 1.807) is 0 Å². The first-order valence-electron chi connectivity index (χ1n) is 15.6. The van der Waals surface area contributed by atoms with E-state index in [0.29, 0.717) is 11.8 Å². The highest BCUT2D eigenvalue weighted by molar-refractivity contribution is 4.85. The molecule has 2 aliphatic heterocycles. The Labute approximate surface area is 264 Å². The van der Waals surface area contributed by atoms with Gasteiger partial charge in [-0.05, 0) is 87.9 Å². The van der Waals surface area contributed by atoms with E-state index >= 15 is 0 Å². The van der Waals surface area contributed by atoms with Crippen molar-refractivity contribution in [1.29, 1.82) is 0 Å². The lowest BCUT2D eigenvalue weighted by Gasteiger charge is -2.42. The number of aliphatic hydroxyl groups excluding tert-OH is 2. The van der Waals surface area contributed by atoms with Crippen molar-refractivity contribution in [2.24, 2.45) is 23.7 Å². The zero-order valence-corrected chi connectivity index (χ0v) is 28.7. The van der Waals surface area contributed by atoms with Crippen molar-refractivity contribution in [3.8, 4) is 0 Å². The van der Waals surface area contributed by atoms with Gasteiger partial charge >= 0.3 is 0 Å². The van der Waals surface area contributed by atoms with Crippen LogP contribution < -0.4 is 34.0 Å². The van der Waals surface area contributed by atoms with Gasteiger partial charge in [-0.3, -0.25) is 0 Å². The number of quaternary nitrogens is 2. The SMILES string of the molecule is C[N+](C)(CC1OCCCO1)CC(O)C1CCC(C2CCC(C(O)C[N+](C)(C)CC3OCCCO3)CC2)CC1.[Br-].[Br-]. The van der Waals surface area contributed by atoms with Crippen molar-refractivity contribution in [2.75, 3.05) is 80.8 Å². The van der Waals surface area contributed by atoms with Crippen molar-refractivity contribution < 1.29 is 72.1 Å². The number of hydrogen-bond donors (Lipinski definition) is 2. The highest BCUT2D eigenvalue weighted by atomic mass is 79.9. The predicted molar refractivity (Wildman–Crippen MR) is 147 cm³/mol. The Morgan fingerprint density at radius 3 is 1.15 bits per heavy atom. The van der Waals surface area contributed by atoms with Crippen LogP contribution in [0.2, 0.25) is 0 Å². The zero-order valence-electron chi connectivity index (χ0n) is 25.5. The fraction of sp³-hybridized carbons (Fsp3) is 1.00. The largest absolute Gasteiger partial charge is 1.00 e. The van der Waals surface area contributed by atoms with Crippen LogP contribution in [0.15, 0.2) is 0 Å². The summed E-state index contributed by atoms with van der Waals surface area (Å²) >= 11 is 0. The molecule has 2 atom stereocenters. The Morgan fingerprint density at radius 2 is 0.850 bits per heavy atom. The number of halogens is 2. The maximum atomic E-state index is 11.1. The van der Waals surface area contributed by atoms with Gasteiger partial charge in [0.25, 0.3) is 0 Å². The van der Waals surface area contributed by atoms with Gasteiger partial charge in [0.05, 0.1) is 54.6 Å². The van der Waals surface area contributed by atoms with E-state index in [1.165, 1.54) is 25.7 Å². The Morgan fingerprint density at radius 1 is 0.550 bits per heavy atom. The Bertz CT molecular complexity index is 632. The number of likely N-dealkylation sites (N-methyl/N-ethyl adjacent to an activating group) is 2. The third kappa shape index (κ3) is 11.6. The zero-order chi connectivity index (χ0) is 27.2. The summed E-state index contributed by atoms with van der Waals surface area (Å²) in [6.45, 7) is 6.21. The van der Waals surface area contributed by atoms with Crippen LogP contribution in [0.25, 0.3) is 0 Å². The fourth-order valence-electron chi connectivity index (χ4n) is 7.55. The molecule has 4 fully saturated rings. The number of ether oxygens (including phenoxy) is 4. The molecule has 2 unspecified atom stereocenters. The molecule has 2 saturated carbocycles. The summed E-state index contributed by atoms with van der Waals surface area (Å²) < 4.78 is 24.5. The first kappa shape index (κ1) is 36.8. The summed E-state index contributed by atoms with van der Waals surface area (Å²) in [6, 6.07) is 0. The second kappa shape index (κ2) is 17.2. The highest BCUT2D eigenvalue weighted by Gasteiger charge is 2.38. The van der Waals surface area contributed by atoms with E-state index in [1.807, 2.05) is 0 Å². The molecule has 2 N–H and O–H groups in total. The van der Waals surface area contributed by atoms with Gasteiger partial charge in [-0.15, -0.1) is 0 Å². The Balaban J connectivity index is 0.00000280. The summed E-state index contributed by atoms with van der Waals surface area (Å²) in [4.78, 5) is 0. The van der Waals surface area contributed by atoms with Crippen LogP contribution in [-0.4, -0.2) is 125 Å². The minimum atomic E-state index is -0.258. The van der Waals surface area contributed by atoms with Crippen LogP contribution in [0.4, 0.5) is 0 Å². The smallest absolute Gasteiger partial charge is 0.207 e. The van der Waals surface area contributed by atoms with Gasteiger partial charge in [-0.1, -0.05) is 0 Å². The predicted octanol–water partition coefficient (Wildman–Crippen LogP) is -2.99. The molecule has 0 aromatic rings. The first-order chi connectivity index (χ1) is 18.1. The molecule has 10 heteroatoms. The van der Waals surface area contributed by atoms with E-state index in [-0.39, 0.29) is 58.8 Å². The molecule has 0 radical (unpaired) electrons. The summed E-state index contributed by atoms with van der Waals surface area (Å²) in [5.41, 5.74) is 0. The normalized spacial score (nSPS) is 31.1. The summed E-state index contributed by atoms with van der Waals surface area (Å²) in [5.74, 6) is 2.39. The Hall–Kier alpha value is 0.640. The minimum Gasteiger partial charge on any atom is -1.00 e. The molecule has 0 aromatic carbocycles. The molecule has 4 rings (SSSR count). The standard InChI is InChI=1S/C30H58N2O6.2BrH/c1-31(2,21-29-35-15-5-16-36-29)19-27(33)25-11-7-23(8-12-25)24-9-13-26(14-10-24)28(34)20-32(3,4)22-30-37-17-6-18-38-30;;/h23-30,33-34H,5-22H2,1-4H3;2*1H/q+2;;/p-2. The number of aliphatic hydroxyl groups is 2. The molecular formula is C30H58Br2N2O6. The molecule has 0 spiro atoms. The Kier molecular flexibility index (Phi) is 15.8. The maximum absolute atomic E-state index is 11.1. The van der Waals surface area contributed by atoms with Crippen LogP contribution in [0.3, 0.4) is 0 Å².